The summed E-state index contributed by atoms with van der Waals surface area (Å²) in [7, 11) is -3.98. The zero-order valence-electron chi connectivity index (χ0n) is 16.1. The Morgan fingerprint density at radius 1 is 1.14 bits per heavy atom. The molecule has 1 atom stereocenters. The van der Waals surface area contributed by atoms with Gasteiger partial charge in [0, 0.05) is 6.54 Å². The van der Waals surface area contributed by atoms with Gasteiger partial charge in [0.25, 0.3) is 5.91 Å². The lowest BCUT2D eigenvalue weighted by atomic mass is 10.1. The van der Waals surface area contributed by atoms with Gasteiger partial charge in [0.15, 0.2) is 6.10 Å². The van der Waals surface area contributed by atoms with E-state index in [1.807, 2.05) is 30.3 Å². The van der Waals surface area contributed by atoms with Crippen molar-refractivity contribution in [3.05, 3.63) is 64.7 Å². The summed E-state index contributed by atoms with van der Waals surface area (Å²) >= 11 is 0. The third-order valence-electron chi connectivity index (χ3n) is 4.37. The third kappa shape index (κ3) is 5.64. The molecule has 150 valence electrons. The minimum absolute atomic E-state index is 0.0241. The van der Waals surface area contributed by atoms with Gasteiger partial charge in [-0.3, -0.25) is 4.79 Å². The molecule has 0 saturated heterocycles. The van der Waals surface area contributed by atoms with Gasteiger partial charge >= 0.3 is 5.97 Å². The molecule has 0 bridgehead atoms. The van der Waals surface area contributed by atoms with E-state index < -0.39 is 28.0 Å². The fourth-order valence-corrected chi connectivity index (χ4v) is 3.52. The standard InChI is InChI=1S/C20H24N2O5S/c1-13-11-17(12-18(14(13)2)28(21,25)26)20(24)27-15(3)19(23)22-10-9-16-7-5-4-6-8-16/h4-8,11-12,15H,9-10H2,1-3H3,(H,22,23)(H2,21,25,26). The van der Waals surface area contributed by atoms with Crippen molar-refractivity contribution >= 4 is 21.9 Å². The van der Waals surface area contributed by atoms with E-state index in [1.54, 1.807) is 13.8 Å². The lowest BCUT2D eigenvalue weighted by Crippen LogP contribution is -2.37. The summed E-state index contributed by atoms with van der Waals surface area (Å²) in [5, 5.41) is 7.92. The van der Waals surface area contributed by atoms with E-state index in [-0.39, 0.29) is 10.5 Å². The Kier molecular flexibility index (Phi) is 6.93. The van der Waals surface area contributed by atoms with Crippen molar-refractivity contribution in [1.82, 2.24) is 5.32 Å². The van der Waals surface area contributed by atoms with Crippen molar-refractivity contribution in [1.29, 1.82) is 0 Å². The number of ether oxygens (including phenoxy) is 1. The smallest absolute Gasteiger partial charge is 0.338 e. The van der Waals surface area contributed by atoms with Crippen molar-refractivity contribution in [2.24, 2.45) is 5.14 Å². The van der Waals surface area contributed by atoms with Crippen LogP contribution in [0.15, 0.2) is 47.4 Å². The highest BCUT2D eigenvalue weighted by atomic mass is 32.2. The van der Waals surface area contributed by atoms with Gasteiger partial charge in [-0.15, -0.1) is 0 Å². The number of rotatable bonds is 7. The minimum atomic E-state index is -3.98. The number of hydrogen-bond acceptors (Lipinski definition) is 5. The number of primary sulfonamides is 1. The highest BCUT2D eigenvalue weighted by molar-refractivity contribution is 7.89. The van der Waals surface area contributed by atoms with Crippen LogP contribution in [0.1, 0.15) is 34.0 Å². The highest BCUT2D eigenvalue weighted by Crippen LogP contribution is 2.21. The summed E-state index contributed by atoms with van der Waals surface area (Å²) in [6.45, 7) is 5.13. The summed E-state index contributed by atoms with van der Waals surface area (Å²) in [6.07, 6.45) is -0.370. The molecule has 0 heterocycles. The van der Waals surface area contributed by atoms with E-state index in [2.05, 4.69) is 5.32 Å². The molecule has 1 amide bonds. The second-order valence-corrected chi connectivity index (χ2v) is 8.07. The van der Waals surface area contributed by atoms with Gasteiger partial charge < -0.3 is 10.1 Å². The molecule has 2 rings (SSSR count). The Hall–Kier alpha value is -2.71. The summed E-state index contributed by atoms with van der Waals surface area (Å²) in [5.41, 5.74) is 2.15. The van der Waals surface area contributed by atoms with Crippen LogP contribution in [-0.4, -0.2) is 32.9 Å². The Balaban J connectivity index is 2.00. The van der Waals surface area contributed by atoms with Gasteiger partial charge in [-0.05, 0) is 56.0 Å². The van der Waals surface area contributed by atoms with Gasteiger partial charge in [0.2, 0.25) is 10.0 Å². The molecule has 0 aliphatic carbocycles. The number of sulfonamides is 1. The summed E-state index contributed by atoms with van der Waals surface area (Å²) in [5.74, 6) is -1.22. The molecule has 2 aromatic carbocycles. The predicted molar refractivity (Wildman–Crippen MR) is 105 cm³/mol. The largest absolute Gasteiger partial charge is 0.449 e. The van der Waals surface area contributed by atoms with Gasteiger partial charge in [-0.1, -0.05) is 30.3 Å². The zero-order valence-corrected chi connectivity index (χ0v) is 16.9. The maximum Gasteiger partial charge on any atom is 0.338 e. The molecule has 0 aliphatic heterocycles. The van der Waals surface area contributed by atoms with Gasteiger partial charge in [-0.2, -0.15) is 0 Å². The second-order valence-electron chi connectivity index (χ2n) is 6.54. The predicted octanol–water partition coefficient (Wildman–Crippen LogP) is 1.86. The number of benzene rings is 2. The molecule has 2 aromatic rings. The monoisotopic (exact) mass is 404 g/mol. The number of amides is 1. The van der Waals surface area contributed by atoms with Crippen molar-refractivity contribution < 1.29 is 22.7 Å². The minimum Gasteiger partial charge on any atom is -0.449 e. The number of carbonyl (C=O) groups excluding carboxylic acids is 2. The second kappa shape index (κ2) is 8.99. The number of esters is 1. The molecule has 0 saturated carbocycles. The first kappa shape index (κ1) is 21.6. The fourth-order valence-electron chi connectivity index (χ4n) is 2.64. The molecule has 8 heteroatoms. The number of aryl methyl sites for hydroxylation is 1. The zero-order chi connectivity index (χ0) is 20.9. The molecule has 1 unspecified atom stereocenters. The van der Waals surface area contributed by atoms with E-state index in [1.165, 1.54) is 19.1 Å². The van der Waals surface area contributed by atoms with Crippen LogP contribution in [0.25, 0.3) is 0 Å². The quantitative estimate of drug-likeness (QED) is 0.684. The van der Waals surface area contributed by atoms with Crippen LogP contribution in [0.3, 0.4) is 0 Å². The van der Waals surface area contributed by atoms with E-state index in [0.717, 1.165) is 5.56 Å². The molecule has 7 nitrogen and oxygen atoms in total. The van der Waals surface area contributed by atoms with Crippen LogP contribution in [0.5, 0.6) is 0 Å². The topological polar surface area (TPSA) is 116 Å². The van der Waals surface area contributed by atoms with Crippen LogP contribution >= 0.6 is 0 Å². The van der Waals surface area contributed by atoms with Crippen LogP contribution in [0, 0.1) is 13.8 Å². The molecule has 28 heavy (non-hydrogen) atoms. The lowest BCUT2D eigenvalue weighted by molar-refractivity contribution is -0.129. The van der Waals surface area contributed by atoms with Gasteiger partial charge in [-0.25, -0.2) is 18.4 Å². The highest BCUT2D eigenvalue weighted by Gasteiger charge is 2.22. The maximum atomic E-state index is 12.4. The molecule has 0 radical (unpaired) electrons. The van der Waals surface area contributed by atoms with Crippen molar-refractivity contribution in [2.45, 2.75) is 38.2 Å². The van der Waals surface area contributed by atoms with E-state index in [4.69, 9.17) is 9.88 Å². The van der Waals surface area contributed by atoms with Crippen LogP contribution in [-0.2, 0) is 26.0 Å². The van der Waals surface area contributed by atoms with E-state index in [9.17, 15) is 18.0 Å². The molecule has 0 spiro atoms. The number of nitrogens with one attached hydrogen (secondary N) is 1. The number of nitrogens with two attached hydrogens (primary N) is 1. The van der Waals surface area contributed by atoms with Crippen LogP contribution in [0.4, 0.5) is 0 Å². The molecular formula is C20H24N2O5S. The lowest BCUT2D eigenvalue weighted by Gasteiger charge is -2.15. The molecule has 3 N–H and O–H groups in total. The van der Waals surface area contributed by atoms with Gasteiger partial charge in [0.1, 0.15) is 0 Å². The third-order valence-corrected chi connectivity index (χ3v) is 5.41. The summed E-state index contributed by atoms with van der Waals surface area (Å²) in [4.78, 5) is 24.4. The van der Waals surface area contributed by atoms with Crippen LogP contribution in [0.2, 0.25) is 0 Å². The summed E-state index contributed by atoms with van der Waals surface area (Å²) < 4.78 is 28.6. The molecule has 0 aliphatic rings. The Labute approximate surface area is 164 Å². The average molecular weight is 404 g/mol. The number of hydrogen-bond donors (Lipinski definition) is 2. The molecule has 0 fully saturated rings. The Morgan fingerprint density at radius 3 is 2.39 bits per heavy atom. The normalized spacial score (nSPS) is 12.3. The number of carbonyl (C=O) groups is 2. The summed E-state index contributed by atoms with van der Waals surface area (Å²) in [6, 6.07) is 12.3. The average Bonchev–Trinajstić information content (AvgIpc) is 2.63. The Bertz CT molecular complexity index is 972. The first-order chi connectivity index (χ1) is 13.1. The molecule has 0 aromatic heterocycles. The SMILES string of the molecule is Cc1cc(C(=O)OC(C)C(=O)NCCc2ccccc2)cc(S(N)(=O)=O)c1C. The molecular weight excluding hydrogens is 380 g/mol. The Morgan fingerprint density at radius 2 is 1.79 bits per heavy atom. The maximum absolute atomic E-state index is 12.4. The van der Waals surface area contributed by atoms with Crippen LogP contribution < -0.4 is 10.5 Å². The van der Waals surface area contributed by atoms with Gasteiger partial charge in [0.05, 0.1) is 10.5 Å². The first-order valence-corrected chi connectivity index (χ1v) is 10.3. The first-order valence-electron chi connectivity index (χ1n) is 8.76. The van der Waals surface area contributed by atoms with E-state index >= 15 is 0 Å². The van der Waals surface area contributed by atoms with Crippen molar-refractivity contribution in [3.63, 3.8) is 0 Å². The van der Waals surface area contributed by atoms with Crippen molar-refractivity contribution in [2.75, 3.05) is 6.54 Å². The fraction of sp³-hybridized carbons (Fsp3) is 0.300. The van der Waals surface area contributed by atoms with Crippen molar-refractivity contribution in [3.8, 4) is 0 Å². The van der Waals surface area contributed by atoms with E-state index in [0.29, 0.717) is 24.1 Å².